The lowest BCUT2D eigenvalue weighted by atomic mass is 10.1. The monoisotopic (exact) mass is 378 g/mol. The minimum atomic E-state index is -1.54. The van der Waals surface area contributed by atoms with E-state index in [9.17, 15) is 13.6 Å². The summed E-state index contributed by atoms with van der Waals surface area (Å²) >= 11 is 0. The molecule has 0 rings (SSSR count). The van der Waals surface area contributed by atoms with Crippen LogP contribution in [0.3, 0.4) is 0 Å². The van der Waals surface area contributed by atoms with Crippen molar-refractivity contribution in [3.05, 3.63) is 12.2 Å². The zero-order valence-electron chi connectivity index (χ0n) is 16.1. The highest BCUT2D eigenvalue weighted by molar-refractivity contribution is 5.48. The first kappa shape index (κ1) is 32.9. The van der Waals surface area contributed by atoms with Gasteiger partial charge in [-0.15, -0.1) is 0 Å². The molecule has 0 bridgehead atoms. The second kappa shape index (κ2) is 32.0. The Morgan fingerprint density at radius 3 is 1.31 bits per heavy atom. The Morgan fingerprint density at radius 1 is 0.615 bits per heavy atom. The second-order valence-electron chi connectivity index (χ2n) is 6.48. The lowest BCUT2D eigenvalue weighted by Crippen LogP contribution is -1.80. The Morgan fingerprint density at radius 2 is 0.962 bits per heavy atom. The molecule has 0 aliphatic heterocycles. The van der Waals surface area contributed by atoms with Crippen LogP contribution in [0.1, 0.15) is 131 Å². The number of hydrogen-bond donors (Lipinski definition) is 0. The van der Waals surface area contributed by atoms with E-state index < -0.39 is 6.08 Å². The third kappa shape index (κ3) is 38.7. The smallest absolute Gasteiger partial charge is 0.266 e. The van der Waals surface area contributed by atoms with Crippen LogP contribution >= 0.6 is 0 Å². The van der Waals surface area contributed by atoms with E-state index in [0.29, 0.717) is 6.42 Å². The Bertz CT molecular complexity index is 261. The van der Waals surface area contributed by atoms with Crippen molar-refractivity contribution in [2.24, 2.45) is 0 Å². The topological polar surface area (TPSA) is 17.1 Å². The van der Waals surface area contributed by atoms with Gasteiger partial charge in [0.25, 0.3) is 6.08 Å². The second-order valence-corrected chi connectivity index (χ2v) is 6.48. The predicted molar refractivity (Wildman–Crippen MR) is 115 cm³/mol. The predicted octanol–water partition coefficient (Wildman–Crippen LogP) is 9.51. The van der Waals surface area contributed by atoms with E-state index in [0.717, 1.165) is 38.0 Å². The maximum absolute atomic E-state index is 11.6. The third-order valence-corrected chi connectivity index (χ3v) is 4.03. The van der Waals surface area contributed by atoms with Gasteiger partial charge >= 0.3 is 0 Å². The van der Waals surface area contributed by atoms with E-state index in [4.69, 9.17) is 0 Å². The largest absolute Gasteiger partial charge is 0.303 e. The molecular weight excluding hydrogens is 330 g/mol. The molecular formula is C23H48F2O. The molecule has 0 N–H and O–H groups in total. The van der Waals surface area contributed by atoms with Crippen molar-refractivity contribution in [1.82, 2.24) is 0 Å². The van der Waals surface area contributed by atoms with E-state index >= 15 is 0 Å². The quantitative estimate of drug-likeness (QED) is 0.193. The average Bonchev–Trinajstić information content (AvgIpc) is 2.57. The Kier molecular flexibility index (Phi) is 40.5. The molecule has 0 spiro atoms. The fourth-order valence-electron chi connectivity index (χ4n) is 2.50. The van der Waals surface area contributed by atoms with Crippen LogP contribution in [-0.2, 0) is 4.79 Å². The molecule has 0 aromatic rings. The first-order valence-corrected chi connectivity index (χ1v) is 10.1. The van der Waals surface area contributed by atoms with Crippen molar-refractivity contribution in [2.45, 2.75) is 131 Å². The van der Waals surface area contributed by atoms with Crippen molar-refractivity contribution in [1.29, 1.82) is 0 Å². The SMILES string of the molecule is C.C.CCCCCCCCCC=C(F)F.CCCCCCCCCC=O. The van der Waals surface area contributed by atoms with E-state index in [2.05, 4.69) is 13.8 Å². The molecule has 0 unspecified atom stereocenters. The molecule has 3 heteroatoms. The van der Waals surface area contributed by atoms with Gasteiger partial charge in [-0.05, 0) is 25.3 Å². The molecule has 0 fully saturated rings. The van der Waals surface area contributed by atoms with Crippen molar-refractivity contribution in [3.8, 4) is 0 Å². The minimum absolute atomic E-state index is 0. The fraction of sp³-hybridized carbons (Fsp3) is 0.870. The molecule has 0 aliphatic carbocycles. The molecule has 26 heavy (non-hydrogen) atoms. The van der Waals surface area contributed by atoms with Crippen LogP contribution in [0.4, 0.5) is 8.78 Å². The van der Waals surface area contributed by atoms with Crippen LogP contribution in [0.2, 0.25) is 0 Å². The average molecular weight is 379 g/mol. The van der Waals surface area contributed by atoms with Gasteiger partial charge in [0, 0.05) is 6.42 Å². The number of carbonyl (C=O) groups excluding carboxylic acids is 1. The first-order valence-electron chi connectivity index (χ1n) is 10.1. The summed E-state index contributed by atoms with van der Waals surface area (Å²) in [6.07, 6.45) is 19.2. The number of rotatable bonds is 16. The Balaban J connectivity index is -0.000000175. The van der Waals surface area contributed by atoms with Crippen LogP contribution in [0.25, 0.3) is 0 Å². The number of aldehydes is 1. The van der Waals surface area contributed by atoms with E-state index in [1.165, 1.54) is 70.6 Å². The van der Waals surface area contributed by atoms with Crippen molar-refractivity contribution < 1.29 is 13.6 Å². The van der Waals surface area contributed by atoms with E-state index in [-0.39, 0.29) is 14.9 Å². The summed E-state index contributed by atoms with van der Waals surface area (Å²) in [7, 11) is 0. The molecule has 0 aliphatic rings. The van der Waals surface area contributed by atoms with Crippen LogP contribution in [0.15, 0.2) is 12.2 Å². The van der Waals surface area contributed by atoms with Crippen molar-refractivity contribution >= 4 is 6.29 Å². The minimum Gasteiger partial charge on any atom is -0.303 e. The van der Waals surface area contributed by atoms with E-state index in [1.807, 2.05) is 0 Å². The van der Waals surface area contributed by atoms with Crippen LogP contribution in [-0.4, -0.2) is 6.29 Å². The summed E-state index contributed by atoms with van der Waals surface area (Å²) in [5.74, 6) is 0. The zero-order chi connectivity index (χ0) is 18.3. The van der Waals surface area contributed by atoms with Crippen LogP contribution in [0.5, 0.6) is 0 Å². The van der Waals surface area contributed by atoms with Crippen LogP contribution in [0, 0.1) is 0 Å². The summed E-state index contributed by atoms with van der Waals surface area (Å²) in [5, 5.41) is 0. The standard InChI is InChI=1S/C11H20F2.C10H20O.2CH4/c1-2-3-4-5-6-7-8-9-10-11(12)13;1-2-3-4-5-6-7-8-9-10-11;;/h10H,2-9H2,1H3;10H,2-9H2,1H3;2*1H4. The third-order valence-electron chi connectivity index (χ3n) is 4.03. The number of carbonyl (C=O) groups is 1. The summed E-state index contributed by atoms with van der Waals surface area (Å²) in [4.78, 5) is 9.94. The molecule has 0 atom stereocenters. The molecule has 1 nitrogen and oxygen atoms in total. The highest BCUT2D eigenvalue weighted by Gasteiger charge is 1.91. The highest BCUT2D eigenvalue weighted by atomic mass is 19.3. The number of halogens is 2. The van der Waals surface area contributed by atoms with Gasteiger partial charge in [-0.25, -0.2) is 0 Å². The Labute approximate surface area is 164 Å². The van der Waals surface area contributed by atoms with Gasteiger partial charge in [0.05, 0.1) is 0 Å². The molecule has 0 radical (unpaired) electrons. The molecule has 0 amide bonds. The van der Waals surface area contributed by atoms with Gasteiger partial charge in [-0.3, -0.25) is 0 Å². The van der Waals surface area contributed by atoms with E-state index in [1.54, 1.807) is 0 Å². The van der Waals surface area contributed by atoms with Gasteiger partial charge in [-0.1, -0.05) is 106 Å². The molecule has 0 saturated carbocycles. The summed E-state index contributed by atoms with van der Waals surface area (Å²) < 4.78 is 23.1. The number of allylic oxidation sites excluding steroid dienone is 1. The summed E-state index contributed by atoms with van der Waals surface area (Å²) in [5.41, 5.74) is 0. The van der Waals surface area contributed by atoms with Gasteiger partial charge in [0.2, 0.25) is 0 Å². The van der Waals surface area contributed by atoms with Gasteiger partial charge in [-0.2, -0.15) is 8.78 Å². The Hall–Kier alpha value is -0.730. The number of hydrogen-bond acceptors (Lipinski definition) is 1. The van der Waals surface area contributed by atoms with Gasteiger partial charge < -0.3 is 4.79 Å². The molecule has 0 saturated heterocycles. The normalized spacial score (nSPS) is 9.23. The summed E-state index contributed by atoms with van der Waals surface area (Å²) in [6.45, 7) is 4.42. The summed E-state index contributed by atoms with van der Waals surface area (Å²) in [6, 6.07) is 0. The first-order chi connectivity index (χ1) is 11.7. The molecule has 0 aromatic carbocycles. The number of unbranched alkanes of at least 4 members (excludes halogenated alkanes) is 14. The molecule has 0 aromatic heterocycles. The van der Waals surface area contributed by atoms with Gasteiger partial charge in [0.15, 0.2) is 0 Å². The maximum Gasteiger partial charge on any atom is 0.266 e. The van der Waals surface area contributed by atoms with Gasteiger partial charge in [0.1, 0.15) is 6.29 Å². The highest BCUT2D eigenvalue weighted by Crippen LogP contribution is 2.10. The lowest BCUT2D eigenvalue weighted by Gasteiger charge is -1.98. The fourth-order valence-corrected chi connectivity index (χ4v) is 2.50. The maximum atomic E-state index is 11.6. The zero-order valence-corrected chi connectivity index (χ0v) is 16.1. The van der Waals surface area contributed by atoms with Crippen molar-refractivity contribution in [3.63, 3.8) is 0 Å². The lowest BCUT2D eigenvalue weighted by molar-refractivity contribution is -0.107. The molecule has 0 heterocycles. The van der Waals surface area contributed by atoms with Crippen LogP contribution < -0.4 is 0 Å². The van der Waals surface area contributed by atoms with Crippen molar-refractivity contribution in [2.75, 3.05) is 0 Å². The molecule has 160 valence electrons.